The highest BCUT2D eigenvalue weighted by Crippen LogP contribution is 2.18. The van der Waals surface area contributed by atoms with E-state index in [9.17, 15) is 9.90 Å². The second-order valence-corrected chi connectivity index (χ2v) is 3.04. The van der Waals surface area contributed by atoms with Crippen molar-refractivity contribution in [3.05, 3.63) is 11.6 Å². The van der Waals surface area contributed by atoms with Crippen molar-refractivity contribution in [2.75, 3.05) is 0 Å². The summed E-state index contributed by atoms with van der Waals surface area (Å²) in [6, 6.07) is 0. The quantitative estimate of drug-likeness (QED) is 0.643. The normalized spacial score (nSPS) is 25.1. The van der Waals surface area contributed by atoms with Gasteiger partial charge in [-0.3, -0.25) is 0 Å². The maximum absolute atomic E-state index is 11.1. The molecule has 0 aromatic heterocycles. The summed E-state index contributed by atoms with van der Waals surface area (Å²) in [5.41, 5.74) is 0.421. The summed E-state index contributed by atoms with van der Waals surface area (Å²) in [6.07, 6.45) is 2.34. The van der Waals surface area contributed by atoms with E-state index in [2.05, 4.69) is 0 Å². The second-order valence-electron chi connectivity index (χ2n) is 3.04. The molecule has 0 bridgehead atoms. The van der Waals surface area contributed by atoms with Gasteiger partial charge in [0.15, 0.2) is 0 Å². The zero-order valence-electron chi connectivity index (χ0n) is 7.41. The lowest BCUT2D eigenvalue weighted by molar-refractivity contribution is -0.139. The molecule has 0 aromatic rings. The van der Waals surface area contributed by atoms with Crippen LogP contribution in [0.1, 0.15) is 26.7 Å². The van der Waals surface area contributed by atoms with Crippen molar-refractivity contribution in [1.82, 2.24) is 0 Å². The van der Waals surface area contributed by atoms with Crippen molar-refractivity contribution in [2.45, 2.75) is 38.9 Å². The van der Waals surface area contributed by atoms with Gasteiger partial charge in [0.2, 0.25) is 0 Å². The Morgan fingerprint density at radius 2 is 2.42 bits per heavy atom. The summed E-state index contributed by atoms with van der Waals surface area (Å²) in [5.74, 6) is -0.372. The summed E-state index contributed by atoms with van der Waals surface area (Å²) in [5, 5.41) is 9.47. The van der Waals surface area contributed by atoms with Crippen LogP contribution in [0.5, 0.6) is 0 Å². The maximum Gasteiger partial charge on any atom is 0.337 e. The molecule has 1 aliphatic rings. The van der Waals surface area contributed by atoms with E-state index in [0.29, 0.717) is 12.0 Å². The summed E-state index contributed by atoms with van der Waals surface area (Å²) in [6.45, 7) is 3.75. The first-order valence-corrected chi connectivity index (χ1v) is 4.26. The molecule has 0 saturated heterocycles. The van der Waals surface area contributed by atoms with Crippen LogP contribution in [0.25, 0.3) is 0 Å². The highest BCUT2D eigenvalue weighted by molar-refractivity contribution is 5.91. The monoisotopic (exact) mass is 170 g/mol. The molecule has 3 heteroatoms. The molecule has 2 atom stereocenters. The minimum Gasteiger partial charge on any atom is -0.455 e. The highest BCUT2D eigenvalue weighted by atomic mass is 16.5. The Labute approximate surface area is 72.0 Å². The van der Waals surface area contributed by atoms with Gasteiger partial charge < -0.3 is 9.84 Å². The number of cyclic esters (lactones) is 1. The van der Waals surface area contributed by atoms with Crippen LogP contribution in [0.15, 0.2) is 11.6 Å². The number of ether oxygens (including phenoxy) is 1. The van der Waals surface area contributed by atoms with Crippen molar-refractivity contribution >= 4 is 5.97 Å². The fraction of sp³-hybridized carbons (Fsp3) is 0.667. The number of aliphatic hydroxyl groups excluding tert-OH is 1. The molecule has 0 saturated carbocycles. The third-order valence-electron chi connectivity index (χ3n) is 1.86. The molecule has 1 heterocycles. The third kappa shape index (κ3) is 1.85. The molecular weight excluding hydrogens is 156 g/mol. The molecule has 0 amide bonds. The van der Waals surface area contributed by atoms with E-state index in [0.717, 1.165) is 6.42 Å². The minimum atomic E-state index is -0.646. The number of carbonyl (C=O) groups excluding carboxylic acids is 1. The van der Waals surface area contributed by atoms with Crippen molar-refractivity contribution in [3.63, 3.8) is 0 Å². The van der Waals surface area contributed by atoms with E-state index in [1.807, 2.05) is 6.92 Å². The maximum atomic E-state index is 11.1. The van der Waals surface area contributed by atoms with Gasteiger partial charge in [-0.25, -0.2) is 4.79 Å². The number of esters is 1. The molecule has 1 N–H and O–H groups in total. The first-order chi connectivity index (χ1) is 5.65. The average molecular weight is 170 g/mol. The lowest BCUT2D eigenvalue weighted by atomic mass is 10.1. The van der Waals surface area contributed by atoms with Crippen LogP contribution in [0, 0.1) is 0 Å². The highest BCUT2D eigenvalue weighted by Gasteiger charge is 2.27. The van der Waals surface area contributed by atoms with E-state index >= 15 is 0 Å². The lowest BCUT2D eigenvalue weighted by Crippen LogP contribution is -2.15. The van der Waals surface area contributed by atoms with E-state index in [-0.39, 0.29) is 12.1 Å². The molecule has 0 radical (unpaired) electrons. The van der Waals surface area contributed by atoms with Crippen LogP contribution >= 0.6 is 0 Å². The van der Waals surface area contributed by atoms with Gasteiger partial charge >= 0.3 is 5.97 Å². The van der Waals surface area contributed by atoms with Gasteiger partial charge in [0, 0.05) is 0 Å². The van der Waals surface area contributed by atoms with Gasteiger partial charge in [0.1, 0.15) is 6.10 Å². The number of aliphatic hydroxyl groups is 1. The number of carbonyl (C=O) groups is 1. The van der Waals surface area contributed by atoms with E-state index in [1.54, 1.807) is 13.0 Å². The molecule has 0 unspecified atom stereocenters. The largest absolute Gasteiger partial charge is 0.455 e. The standard InChI is InChI=1S/C9H14O3/c1-3-4-8(10)7-5-6(2)12-9(7)11/h5-6,8,10H,3-4H2,1-2H3/t6-,8-/m1/s1. The van der Waals surface area contributed by atoms with Crippen LogP contribution in [0.3, 0.4) is 0 Å². The molecule has 0 fully saturated rings. The van der Waals surface area contributed by atoms with Crippen molar-refractivity contribution in [3.8, 4) is 0 Å². The van der Waals surface area contributed by atoms with Gasteiger partial charge in [0.25, 0.3) is 0 Å². The summed E-state index contributed by atoms with van der Waals surface area (Å²) in [4.78, 5) is 11.1. The molecule has 1 aliphatic heterocycles. The molecule has 0 aromatic carbocycles. The summed E-state index contributed by atoms with van der Waals surface area (Å²) in [7, 11) is 0. The Morgan fingerprint density at radius 1 is 1.75 bits per heavy atom. The molecular formula is C9H14O3. The smallest absolute Gasteiger partial charge is 0.337 e. The van der Waals surface area contributed by atoms with Gasteiger partial charge in [-0.1, -0.05) is 13.3 Å². The molecule has 0 spiro atoms. The second kappa shape index (κ2) is 3.72. The fourth-order valence-corrected chi connectivity index (χ4v) is 1.27. The van der Waals surface area contributed by atoms with E-state index in [4.69, 9.17) is 4.74 Å². The van der Waals surface area contributed by atoms with Gasteiger partial charge in [-0.15, -0.1) is 0 Å². The Balaban J connectivity index is 2.61. The SMILES string of the molecule is CCC[C@@H](O)C1=C[C@@H](C)OC1=O. The molecule has 68 valence electrons. The van der Waals surface area contributed by atoms with Crippen molar-refractivity contribution < 1.29 is 14.6 Å². The minimum absolute atomic E-state index is 0.181. The van der Waals surface area contributed by atoms with E-state index in [1.165, 1.54) is 0 Å². The van der Waals surface area contributed by atoms with Crippen LogP contribution < -0.4 is 0 Å². The average Bonchev–Trinajstić information content (AvgIpc) is 2.30. The van der Waals surface area contributed by atoms with Crippen LogP contribution in [0.2, 0.25) is 0 Å². The summed E-state index contributed by atoms with van der Waals surface area (Å²) < 4.78 is 4.85. The zero-order chi connectivity index (χ0) is 9.14. The molecule has 0 aliphatic carbocycles. The first kappa shape index (κ1) is 9.26. The first-order valence-electron chi connectivity index (χ1n) is 4.26. The van der Waals surface area contributed by atoms with Crippen LogP contribution in [-0.4, -0.2) is 23.3 Å². The van der Waals surface area contributed by atoms with Gasteiger partial charge in [-0.05, 0) is 19.4 Å². The third-order valence-corrected chi connectivity index (χ3v) is 1.86. The van der Waals surface area contributed by atoms with Crippen molar-refractivity contribution in [2.24, 2.45) is 0 Å². The van der Waals surface area contributed by atoms with Crippen molar-refractivity contribution in [1.29, 1.82) is 0 Å². The van der Waals surface area contributed by atoms with Crippen LogP contribution in [0.4, 0.5) is 0 Å². The Kier molecular flexibility index (Phi) is 2.87. The fourth-order valence-electron chi connectivity index (χ4n) is 1.27. The number of hydrogen-bond acceptors (Lipinski definition) is 3. The zero-order valence-corrected chi connectivity index (χ0v) is 7.41. The lowest BCUT2D eigenvalue weighted by Gasteiger charge is -2.06. The molecule has 1 rings (SSSR count). The predicted molar refractivity (Wildman–Crippen MR) is 44.6 cm³/mol. The van der Waals surface area contributed by atoms with Gasteiger partial charge in [-0.2, -0.15) is 0 Å². The van der Waals surface area contributed by atoms with Gasteiger partial charge in [0.05, 0.1) is 11.7 Å². The Hall–Kier alpha value is -0.830. The Morgan fingerprint density at radius 3 is 2.83 bits per heavy atom. The van der Waals surface area contributed by atoms with E-state index < -0.39 is 6.10 Å². The number of hydrogen-bond donors (Lipinski definition) is 1. The Bertz CT molecular complexity index is 208. The number of rotatable bonds is 3. The molecule has 12 heavy (non-hydrogen) atoms. The predicted octanol–water partition coefficient (Wildman–Crippen LogP) is 1.02. The summed E-state index contributed by atoms with van der Waals surface area (Å²) >= 11 is 0. The molecule has 3 nitrogen and oxygen atoms in total. The topological polar surface area (TPSA) is 46.5 Å². The van der Waals surface area contributed by atoms with Crippen LogP contribution in [-0.2, 0) is 9.53 Å².